The molecule has 1 atom stereocenters. The van der Waals surface area contributed by atoms with Crippen molar-refractivity contribution in [1.82, 2.24) is 4.90 Å². The van der Waals surface area contributed by atoms with E-state index >= 15 is 0 Å². The number of likely N-dealkylation sites (N-methyl/N-ethyl adjacent to an activating group) is 1. The second kappa shape index (κ2) is 7.03. The zero-order valence-electron chi connectivity index (χ0n) is 12.3. The van der Waals surface area contributed by atoms with Crippen LogP contribution in [0.25, 0.3) is 0 Å². The molecule has 0 radical (unpaired) electrons. The topological polar surface area (TPSA) is 29.3 Å². The number of nitrogens with two attached hydrogens (primary N) is 1. The molecule has 4 heteroatoms. The molecular formula is C17H20ClFN2. The van der Waals surface area contributed by atoms with Gasteiger partial charge in [-0.3, -0.25) is 4.90 Å². The Morgan fingerprint density at radius 1 is 1.19 bits per heavy atom. The van der Waals surface area contributed by atoms with Gasteiger partial charge in [0.05, 0.1) is 0 Å². The van der Waals surface area contributed by atoms with Crippen LogP contribution in [0.3, 0.4) is 0 Å². The van der Waals surface area contributed by atoms with Gasteiger partial charge >= 0.3 is 0 Å². The SMILES string of the molecule is Cc1cc(Cl)ccc1C(CN)N(C)Cc1ccc(F)cc1. The Kier molecular flexibility index (Phi) is 5.34. The van der Waals surface area contributed by atoms with E-state index in [1.807, 2.05) is 32.2 Å². The Balaban J connectivity index is 2.18. The van der Waals surface area contributed by atoms with E-state index in [1.54, 1.807) is 12.1 Å². The van der Waals surface area contributed by atoms with Crippen molar-refractivity contribution < 1.29 is 4.39 Å². The first-order valence-corrected chi connectivity index (χ1v) is 7.30. The fourth-order valence-corrected chi connectivity index (χ4v) is 2.77. The Hall–Kier alpha value is -1.42. The van der Waals surface area contributed by atoms with Crippen molar-refractivity contribution >= 4 is 11.6 Å². The van der Waals surface area contributed by atoms with Gasteiger partial charge in [0.25, 0.3) is 0 Å². The van der Waals surface area contributed by atoms with Gasteiger partial charge in [-0.15, -0.1) is 0 Å². The molecule has 0 aliphatic carbocycles. The maximum atomic E-state index is 13.0. The summed E-state index contributed by atoms with van der Waals surface area (Å²) < 4.78 is 13.0. The average Bonchev–Trinajstić information content (AvgIpc) is 2.44. The summed E-state index contributed by atoms with van der Waals surface area (Å²) >= 11 is 6.01. The number of hydrogen-bond acceptors (Lipinski definition) is 2. The van der Waals surface area contributed by atoms with Crippen molar-refractivity contribution in [2.45, 2.75) is 19.5 Å². The molecule has 0 fully saturated rings. The molecule has 0 saturated carbocycles. The second-order valence-corrected chi connectivity index (χ2v) is 5.73. The second-order valence-electron chi connectivity index (χ2n) is 5.29. The first kappa shape index (κ1) is 16.0. The molecule has 0 amide bonds. The van der Waals surface area contributed by atoms with E-state index < -0.39 is 0 Å². The molecule has 0 aromatic heterocycles. The largest absolute Gasteiger partial charge is 0.329 e. The van der Waals surface area contributed by atoms with Crippen molar-refractivity contribution in [3.63, 3.8) is 0 Å². The van der Waals surface area contributed by atoms with Crippen molar-refractivity contribution in [2.24, 2.45) is 5.73 Å². The van der Waals surface area contributed by atoms with E-state index in [-0.39, 0.29) is 11.9 Å². The Morgan fingerprint density at radius 3 is 2.43 bits per heavy atom. The van der Waals surface area contributed by atoms with Crippen LogP contribution in [-0.4, -0.2) is 18.5 Å². The highest BCUT2D eigenvalue weighted by Crippen LogP contribution is 2.25. The van der Waals surface area contributed by atoms with Crippen molar-refractivity contribution in [1.29, 1.82) is 0 Å². The third kappa shape index (κ3) is 4.03. The number of benzene rings is 2. The van der Waals surface area contributed by atoms with E-state index in [0.29, 0.717) is 13.1 Å². The summed E-state index contributed by atoms with van der Waals surface area (Å²) in [5, 5.41) is 0.730. The summed E-state index contributed by atoms with van der Waals surface area (Å²) in [6.45, 7) is 3.26. The zero-order valence-corrected chi connectivity index (χ0v) is 13.1. The Bertz CT molecular complexity index is 598. The smallest absolute Gasteiger partial charge is 0.123 e. The van der Waals surface area contributed by atoms with E-state index in [2.05, 4.69) is 4.90 Å². The van der Waals surface area contributed by atoms with Crippen LogP contribution in [0.4, 0.5) is 4.39 Å². The van der Waals surface area contributed by atoms with E-state index in [9.17, 15) is 4.39 Å². The average molecular weight is 307 g/mol. The molecule has 2 N–H and O–H groups in total. The Labute approximate surface area is 130 Å². The van der Waals surface area contributed by atoms with Gasteiger partial charge in [0, 0.05) is 24.2 Å². The molecule has 0 heterocycles. The summed E-state index contributed by atoms with van der Waals surface area (Å²) in [5.41, 5.74) is 9.32. The van der Waals surface area contributed by atoms with Crippen LogP contribution in [-0.2, 0) is 6.54 Å². The van der Waals surface area contributed by atoms with Crippen molar-refractivity contribution in [2.75, 3.05) is 13.6 Å². The molecule has 112 valence electrons. The van der Waals surface area contributed by atoms with Crippen LogP contribution in [0.2, 0.25) is 5.02 Å². The van der Waals surface area contributed by atoms with Crippen LogP contribution < -0.4 is 5.73 Å². The van der Waals surface area contributed by atoms with Crippen LogP contribution in [0.1, 0.15) is 22.7 Å². The fourth-order valence-electron chi connectivity index (χ4n) is 2.55. The highest BCUT2D eigenvalue weighted by molar-refractivity contribution is 6.30. The van der Waals surface area contributed by atoms with Crippen LogP contribution >= 0.6 is 11.6 Å². The van der Waals surface area contributed by atoms with E-state index in [4.69, 9.17) is 17.3 Å². The predicted octanol–water partition coefficient (Wildman–Crippen LogP) is 3.92. The fraction of sp³-hybridized carbons (Fsp3) is 0.294. The molecule has 2 rings (SSSR count). The highest BCUT2D eigenvalue weighted by atomic mass is 35.5. The standard InChI is InChI=1S/C17H20ClFN2/c1-12-9-14(18)5-8-16(12)17(10-20)21(2)11-13-3-6-15(19)7-4-13/h3-9,17H,10-11,20H2,1-2H3. The lowest BCUT2D eigenvalue weighted by Crippen LogP contribution is -2.30. The maximum absolute atomic E-state index is 13.0. The molecule has 21 heavy (non-hydrogen) atoms. The van der Waals surface area contributed by atoms with Gasteiger partial charge in [0.1, 0.15) is 5.82 Å². The van der Waals surface area contributed by atoms with Gasteiger partial charge in [-0.2, -0.15) is 0 Å². The molecular weight excluding hydrogens is 287 g/mol. The molecule has 2 aromatic rings. The number of halogens is 2. The minimum absolute atomic E-state index is 0.104. The lowest BCUT2D eigenvalue weighted by Gasteiger charge is -2.28. The van der Waals surface area contributed by atoms with Gasteiger partial charge in [-0.05, 0) is 54.9 Å². The van der Waals surface area contributed by atoms with Crippen molar-refractivity contribution in [3.05, 3.63) is 70.0 Å². The lowest BCUT2D eigenvalue weighted by molar-refractivity contribution is 0.241. The van der Waals surface area contributed by atoms with Gasteiger partial charge < -0.3 is 5.73 Å². The molecule has 0 aliphatic heterocycles. The van der Waals surface area contributed by atoms with Gasteiger partial charge in [-0.25, -0.2) is 4.39 Å². The van der Waals surface area contributed by atoms with E-state index in [0.717, 1.165) is 16.1 Å². The summed E-state index contributed by atoms with van der Waals surface area (Å²) in [6.07, 6.45) is 0. The molecule has 0 aliphatic rings. The van der Waals surface area contributed by atoms with Crippen LogP contribution in [0.5, 0.6) is 0 Å². The van der Waals surface area contributed by atoms with Crippen molar-refractivity contribution in [3.8, 4) is 0 Å². The zero-order chi connectivity index (χ0) is 15.4. The molecule has 0 spiro atoms. The predicted molar refractivity (Wildman–Crippen MR) is 85.9 cm³/mol. The third-order valence-electron chi connectivity index (χ3n) is 3.69. The lowest BCUT2D eigenvalue weighted by atomic mass is 10.00. The molecule has 2 aromatic carbocycles. The molecule has 0 saturated heterocycles. The van der Waals surface area contributed by atoms with Crippen LogP contribution in [0.15, 0.2) is 42.5 Å². The minimum Gasteiger partial charge on any atom is -0.329 e. The summed E-state index contributed by atoms with van der Waals surface area (Å²) in [4.78, 5) is 2.17. The summed E-state index contributed by atoms with van der Waals surface area (Å²) in [6, 6.07) is 12.5. The minimum atomic E-state index is -0.217. The highest BCUT2D eigenvalue weighted by Gasteiger charge is 2.17. The number of rotatable bonds is 5. The maximum Gasteiger partial charge on any atom is 0.123 e. The molecule has 0 bridgehead atoms. The Morgan fingerprint density at radius 2 is 1.86 bits per heavy atom. The van der Waals surface area contributed by atoms with E-state index in [1.165, 1.54) is 17.7 Å². The number of hydrogen-bond donors (Lipinski definition) is 1. The van der Waals surface area contributed by atoms with Crippen LogP contribution in [0, 0.1) is 12.7 Å². The number of nitrogens with zero attached hydrogens (tertiary/aromatic N) is 1. The quantitative estimate of drug-likeness (QED) is 0.907. The van der Waals surface area contributed by atoms with Gasteiger partial charge in [0.2, 0.25) is 0 Å². The van der Waals surface area contributed by atoms with Gasteiger partial charge in [0.15, 0.2) is 0 Å². The first-order valence-electron chi connectivity index (χ1n) is 6.92. The molecule has 1 unspecified atom stereocenters. The summed E-state index contributed by atoms with van der Waals surface area (Å²) in [7, 11) is 2.02. The molecule has 2 nitrogen and oxygen atoms in total. The monoisotopic (exact) mass is 306 g/mol. The summed E-state index contributed by atoms with van der Waals surface area (Å²) in [5.74, 6) is -0.217. The number of aryl methyl sites for hydroxylation is 1. The van der Waals surface area contributed by atoms with Gasteiger partial charge in [-0.1, -0.05) is 29.8 Å². The normalized spacial score (nSPS) is 12.7. The first-order chi connectivity index (χ1) is 10.0. The third-order valence-corrected chi connectivity index (χ3v) is 3.93.